The first kappa shape index (κ1) is 14.4. The van der Waals surface area contributed by atoms with Crippen LogP contribution in [0.25, 0.3) is 10.9 Å². The molecule has 2 rings (SSSR count). The molecule has 0 aliphatic heterocycles. The quantitative estimate of drug-likeness (QED) is 0.880. The molecule has 0 radical (unpaired) electrons. The van der Waals surface area contributed by atoms with Gasteiger partial charge in [-0.25, -0.2) is 0 Å². The van der Waals surface area contributed by atoms with Crippen molar-refractivity contribution in [2.45, 2.75) is 33.6 Å². The summed E-state index contributed by atoms with van der Waals surface area (Å²) in [5.41, 5.74) is 0.727. The van der Waals surface area contributed by atoms with Gasteiger partial charge >= 0.3 is 0 Å². The Labute approximate surface area is 118 Å². The molecule has 0 unspecified atom stereocenters. The maximum atomic E-state index is 11.9. The number of nitrogens with one attached hydrogen (secondary N) is 1. The number of H-pyrrole nitrogens is 1. The Balaban J connectivity index is 2.45. The third kappa shape index (κ3) is 2.79. The van der Waals surface area contributed by atoms with Crippen molar-refractivity contribution in [3.05, 3.63) is 34.1 Å². The number of aromatic amines is 1. The zero-order valence-electron chi connectivity index (χ0n) is 12.2. The molecule has 2 N–H and O–H groups in total. The molecule has 20 heavy (non-hydrogen) atoms. The highest BCUT2D eigenvalue weighted by Gasteiger charge is 2.13. The van der Waals surface area contributed by atoms with E-state index in [1.807, 2.05) is 19.1 Å². The molecule has 0 amide bonds. The Kier molecular flexibility index (Phi) is 4.32. The normalized spacial score (nSPS) is 11.2. The average molecular weight is 275 g/mol. The van der Waals surface area contributed by atoms with Crippen LogP contribution in [-0.4, -0.2) is 16.7 Å². The second-order valence-electron chi connectivity index (χ2n) is 5.34. The topological polar surface area (TPSA) is 62.3 Å². The standard InChI is InChI=1S/C16H21NO3/c1-4-11-15(18)12-6-5-7-13(14(12)17-16(11)19)20-9-8-10(2)3/h5-7,10H,4,8-9H2,1-3H3,(H2,17,18,19). The van der Waals surface area contributed by atoms with Gasteiger partial charge in [-0.3, -0.25) is 4.79 Å². The van der Waals surface area contributed by atoms with Gasteiger partial charge in [-0.1, -0.05) is 26.8 Å². The minimum absolute atomic E-state index is 0.0561. The summed E-state index contributed by atoms with van der Waals surface area (Å²) in [6, 6.07) is 5.42. The molecule has 0 spiro atoms. The van der Waals surface area contributed by atoms with Gasteiger partial charge in [0.15, 0.2) is 0 Å². The van der Waals surface area contributed by atoms with Crippen LogP contribution >= 0.6 is 0 Å². The molecule has 1 aromatic heterocycles. The monoisotopic (exact) mass is 275 g/mol. The minimum atomic E-state index is -0.252. The zero-order chi connectivity index (χ0) is 14.7. The lowest BCUT2D eigenvalue weighted by Gasteiger charge is -2.12. The Morgan fingerprint density at radius 1 is 1.35 bits per heavy atom. The molecule has 0 aliphatic rings. The summed E-state index contributed by atoms with van der Waals surface area (Å²) in [5, 5.41) is 10.8. The van der Waals surface area contributed by atoms with E-state index in [2.05, 4.69) is 18.8 Å². The van der Waals surface area contributed by atoms with Gasteiger partial charge < -0.3 is 14.8 Å². The van der Waals surface area contributed by atoms with Crippen LogP contribution in [0.3, 0.4) is 0 Å². The van der Waals surface area contributed by atoms with Crippen LogP contribution in [0.5, 0.6) is 11.5 Å². The van der Waals surface area contributed by atoms with Crippen molar-refractivity contribution >= 4 is 10.9 Å². The highest BCUT2D eigenvalue weighted by Crippen LogP contribution is 2.30. The number of fused-ring (bicyclic) bond motifs is 1. The number of benzene rings is 1. The molecule has 108 valence electrons. The van der Waals surface area contributed by atoms with Gasteiger partial charge in [-0.15, -0.1) is 0 Å². The van der Waals surface area contributed by atoms with E-state index in [1.54, 1.807) is 6.07 Å². The number of aromatic hydroxyl groups is 1. The predicted molar refractivity (Wildman–Crippen MR) is 80.6 cm³/mol. The van der Waals surface area contributed by atoms with E-state index in [0.29, 0.717) is 41.2 Å². The minimum Gasteiger partial charge on any atom is -0.507 e. The molecule has 2 aromatic rings. The smallest absolute Gasteiger partial charge is 0.255 e. The molecule has 4 nitrogen and oxygen atoms in total. The molecule has 0 bridgehead atoms. The Hall–Kier alpha value is -1.97. The third-order valence-corrected chi connectivity index (χ3v) is 3.39. The van der Waals surface area contributed by atoms with Crippen LogP contribution in [0.4, 0.5) is 0 Å². The third-order valence-electron chi connectivity index (χ3n) is 3.39. The fraction of sp³-hybridized carbons (Fsp3) is 0.438. The molecule has 1 aromatic carbocycles. The van der Waals surface area contributed by atoms with Gasteiger partial charge in [0.05, 0.1) is 17.7 Å². The molecule has 0 atom stereocenters. The highest BCUT2D eigenvalue weighted by atomic mass is 16.5. The summed E-state index contributed by atoms with van der Waals surface area (Å²) in [4.78, 5) is 14.8. The van der Waals surface area contributed by atoms with Gasteiger partial charge in [0.1, 0.15) is 11.5 Å². The molecule has 0 aliphatic carbocycles. The summed E-state index contributed by atoms with van der Waals surface area (Å²) in [6.45, 7) is 6.70. The van der Waals surface area contributed by atoms with Gasteiger partial charge in [0, 0.05) is 5.39 Å². The number of aromatic nitrogens is 1. The summed E-state index contributed by atoms with van der Waals surface area (Å²) in [5.74, 6) is 1.22. The Morgan fingerprint density at radius 3 is 2.75 bits per heavy atom. The number of para-hydroxylation sites is 1. The van der Waals surface area contributed by atoms with Crippen molar-refractivity contribution < 1.29 is 9.84 Å². The first-order chi connectivity index (χ1) is 9.54. The lowest BCUT2D eigenvalue weighted by atomic mass is 10.1. The van der Waals surface area contributed by atoms with Crippen LogP contribution < -0.4 is 10.3 Å². The van der Waals surface area contributed by atoms with E-state index in [4.69, 9.17) is 4.74 Å². The fourth-order valence-corrected chi connectivity index (χ4v) is 2.17. The molecular weight excluding hydrogens is 254 g/mol. The highest BCUT2D eigenvalue weighted by molar-refractivity contribution is 5.90. The van der Waals surface area contributed by atoms with E-state index in [1.165, 1.54) is 0 Å². The van der Waals surface area contributed by atoms with Crippen LogP contribution in [0.2, 0.25) is 0 Å². The first-order valence-corrected chi connectivity index (χ1v) is 7.04. The van der Waals surface area contributed by atoms with Gasteiger partial charge in [0.2, 0.25) is 0 Å². The summed E-state index contributed by atoms with van der Waals surface area (Å²) in [7, 11) is 0. The van der Waals surface area contributed by atoms with Crippen molar-refractivity contribution in [1.82, 2.24) is 4.98 Å². The maximum Gasteiger partial charge on any atom is 0.255 e. The number of pyridine rings is 1. The van der Waals surface area contributed by atoms with E-state index < -0.39 is 0 Å². The fourth-order valence-electron chi connectivity index (χ4n) is 2.17. The van der Waals surface area contributed by atoms with Crippen molar-refractivity contribution in [2.75, 3.05) is 6.61 Å². The number of hydrogen-bond acceptors (Lipinski definition) is 3. The second kappa shape index (κ2) is 5.99. The molecule has 0 saturated carbocycles. The average Bonchev–Trinajstić information content (AvgIpc) is 2.39. The Morgan fingerprint density at radius 2 is 2.10 bits per heavy atom. The van der Waals surface area contributed by atoms with E-state index in [9.17, 15) is 9.90 Å². The van der Waals surface area contributed by atoms with E-state index in [0.717, 1.165) is 6.42 Å². The number of ether oxygens (including phenoxy) is 1. The van der Waals surface area contributed by atoms with Crippen molar-refractivity contribution in [3.8, 4) is 11.5 Å². The molecular formula is C16H21NO3. The SMILES string of the molecule is CCc1c(O)c2cccc(OCCC(C)C)c2[nH]c1=O. The summed E-state index contributed by atoms with van der Waals surface area (Å²) in [6.07, 6.45) is 1.44. The van der Waals surface area contributed by atoms with Crippen molar-refractivity contribution in [3.63, 3.8) is 0 Å². The Bertz CT molecular complexity index is 659. The summed E-state index contributed by atoms with van der Waals surface area (Å²) >= 11 is 0. The zero-order valence-corrected chi connectivity index (χ0v) is 12.2. The summed E-state index contributed by atoms with van der Waals surface area (Å²) < 4.78 is 5.73. The molecule has 4 heteroatoms. The van der Waals surface area contributed by atoms with Crippen LogP contribution in [0, 0.1) is 5.92 Å². The van der Waals surface area contributed by atoms with Crippen molar-refractivity contribution in [1.29, 1.82) is 0 Å². The number of hydrogen-bond donors (Lipinski definition) is 2. The van der Waals surface area contributed by atoms with Gasteiger partial charge in [0.25, 0.3) is 5.56 Å². The first-order valence-electron chi connectivity index (χ1n) is 7.04. The van der Waals surface area contributed by atoms with E-state index >= 15 is 0 Å². The maximum absolute atomic E-state index is 11.9. The van der Waals surface area contributed by atoms with Gasteiger partial charge in [-0.2, -0.15) is 0 Å². The molecule has 1 heterocycles. The predicted octanol–water partition coefficient (Wildman–Crippen LogP) is 3.22. The second-order valence-corrected chi connectivity index (χ2v) is 5.34. The largest absolute Gasteiger partial charge is 0.507 e. The molecule has 0 saturated heterocycles. The van der Waals surface area contributed by atoms with Crippen molar-refractivity contribution in [2.24, 2.45) is 5.92 Å². The van der Waals surface area contributed by atoms with Crippen LogP contribution in [0.1, 0.15) is 32.8 Å². The lowest BCUT2D eigenvalue weighted by molar-refractivity contribution is 0.292. The lowest BCUT2D eigenvalue weighted by Crippen LogP contribution is -2.13. The van der Waals surface area contributed by atoms with Crippen LogP contribution in [0.15, 0.2) is 23.0 Å². The molecule has 0 fully saturated rings. The van der Waals surface area contributed by atoms with E-state index in [-0.39, 0.29) is 11.3 Å². The van der Waals surface area contributed by atoms with Crippen LogP contribution in [-0.2, 0) is 6.42 Å². The van der Waals surface area contributed by atoms with Gasteiger partial charge in [-0.05, 0) is 30.9 Å². The number of rotatable bonds is 5.